The summed E-state index contributed by atoms with van der Waals surface area (Å²) in [6.45, 7) is 5.43. The standard InChI is InChI=1S/C20H25FN4O2/c1-14(26)24-8-6-17(7-9-24)25-10-11-27-13-19(25)20-22-12-18(23-20)15-2-4-16(21)5-3-15/h2-5,12,17,19H,6-11,13H2,1H3,(H,22,23)/t19-/m0/s1. The number of halogens is 1. The number of ether oxygens (including phenoxy) is 1. The number of likely N-dealkylation sites (tertiary alicyclic amines) is 1. The van der Waals surface area contributed by atoms with Crippen LogP contribution in [0, 0.1) is 5.82 Å². The molecule has 0 saturated carbocycles. The van der Waals surface area contributed by atoms with Crippen LogP contribution in [-0.4, -0.2) is 64.6 Å². The molecule has 3 heterocycles. The maximum atomic E-state index is 13.2. The highest BCUT2D eigenvalue weighted by Crippen LogP contribution is 2.30. The molecule has 1 atom stereocenters. The first-order valence-electron chi connectivity index (χ1n) is 9.51. The summed E-state index contributed by atoms with van der Waals surface area (Å²) in [7, 11) is 0. The molecule has 144 valence electrons. The molecular weight excluding hydrogens is 347 g/mol. The molecule has 27 heavy (non-hydrogen) atoms. The zero-order valence-corrected chi connectivity index (χ0v) is 15.5. The number of hydrogen-bond donors (Lipinski definition) is 1. The number of piperidine rings is 1. The summed E-state index contributed by atoms with van der Waals surface area (Å²) in [5, 5.41) is 0. The topological polar surface area (TPSA) is 61.5 Å². The van der Waals surface area contributed by atoms with Gasteiger partial charge in [0.05, 0.1) is 31.1 Å². The lowest BCUT2D eigenvalue weighted by molar-refractivity contribution is -0.131. The van der Waals surface area contributed by atoms with Crippen LogP contribution in [0.25, 0.3) is 11.3 Å². The van der Waals surface area contributed by atoms with Crippen molar-refractivity contribution in [3.63, 3.8) is 0 Å². The summed E-state index contributed by atoms with van der Waals surface area (Å²) < 4.78 is 18.9. The van der Waals surface area contributed by atoms with Crippen LogP contribution in [0.3, 0.4) is 0 Å². The van der Waals surface area contributed by atoms with E-state index < -0.39 is 0 Å². The minimum atomic E-state index is -0.248. The maximum absolute atomic E-state index is 13.2. The van der Waals surface area contributed by atoms with Gasteiger partial charge in [0.2, 0.25) is 5.91 Å². The van der Waals surface area contributed by atoms with Crippen LogP contribution < -0.4 is 0 Å². The fourth-order valence-electron chi connectivity index (χ4n) is 4.08. The highest BCUT2D eigenvalue weighted by atomic mass is 19.1. The number of aromatic nitrogens is 2. The zero-order chi connectivity index (χ0) is 18.8. The second-order valence-corrected chi connectivity index (χ2v) is 7.25. The van der Waals surface area contributed by atoms with Gasteiger partial charge in [0.1, 0.15) is 11.6 Å². The van der Waals surface area contributed by atoms with Gasteiger partial charge in [-0.3, -0.25) is 9.69 Å². The number of rotatable bonds is 3. The van der Waals surface area contributed by atoms with Crippen molar-refractivity contribution in [2.45, 2.75) is 31.8 Å². The van der Waals surface area contributed by atoms with Gasteiger partial charge < -0.3 is 14.6 Å². The fourth-order valence-corrected chi connectivity index (χ4v) is 4.08. The number of benzene rings is 1. The third-order valence-electron chi connectivity index (χ3n) is 5.62. The van der Waals surface area contributed by atoms with E-state index in [9.17, 15) is 9.18 Å². The third kappa shape index (κ3) is 3.89. The summed E-state index contributed by atoms with van der Waals surface area (Å²) in [4.78, 5) is 24.0. The lowest BCUT2D eigenvalue weighted by atomic mass is 10.00. The Morgan fingerprint density at radius 3 is 2.67 bits per heavy atom. The van der Waals surface area contributed by atoms with E-state index in [4.69, 9.17) is 4.74 Å². The van der Waals surface area contributed by atoms with Gasteiger partial charge in [-0.05, 0) is 42.7 Å². The van der Waals surface area contributed by atoms with E-state index in [1.165, 1.54) is 12.1 Å². The van der Waals surface area contributed by atoms with Crippen LogP contribution in [0.5, 0.6) is 0 Å². The molecule has 2 aliphatic heterocycles. The van der Waals surface area contributed by atoms with Crippen molar-refractivity contribution in [3.05, 3.63) is 42.1 Å². The average Bonchev–Trinajstić information content (AvgIpc) is 3.19. The third-order valence-corrected chi connectivity index (χ3v) is 5.62. The van der Waals surface area contributed by atoms with Gasteiger partial charge >= 0.3 is 0 Å². The monoisotopic (exact) mass is 372 g/mol. The molecule has 4 rings (SSSR count). The van der Waals surface area contributed by atoms with Gasteiger partial charge in [-0.1, -0.05) is 0 Å². The maximum Gasteiger partial charge on any atom is 0.219 e. The molecule has 0 unspecified atom stereocenters. The second-order valence-electron chi connectivity index (χ2n) is 7.25. The Hall–Kier alpha value is -2.25. The Balaban J connectivity index is 1.50. The van der Waals surface area contributed by atoms with E-state index in [-0.39, 0.29) is 17.8 Å². The number of morpholine rings is 1. The molecule has 0 spiro atoms. The van der Waals surface area contributed by atoms with Gasteiger partial charge in [-0.15, -0.1) is 0 Å². The summed E-state index contributed by atoms with van der Waals surface area (Å²) >= 11 is 0. The molecule has 2 saturated heterocycles. The summed E-state index contributed by atoms with van der Waals surface area (Å²) in [6, 6.07) is 6.90. The zero-order valence-electron chi connectivity index (χ0n) is 15.5. The molecule has 0 bridgehead atoms. The molecular formula is C20H25FN4O2. The van der Waals surface area contributed by atoms with E-state index in [1.54, 1.807) is 25.3 Å². The molecule has 2 aliphatic rings. The van der Waals surface area contributed by atoms with Crippen LogP contribution in [0.2, 0.25) is 0 Å². The molecule has 0 radical (unpaired) electrons. The molecule has 1 amide bonds. The Morgan fingerprint density at radius 2 is 1.96 bits per heavy atom. The second kappa shape index (κ2) is 7.78. The smallest absolute Gasteiger partial charge is 0.219 e. The lowest BCUT2D eigenvalue weighted by Crippen LogP contribution is -2.51. The number of amides is 1. The predicted octanol–water partition coefficient (Wildman–Crippen LogP) is 2.60. The number of carbonyl (C=O) groups excluding carboxylic acids is 1. The molecule has 7 heteroatoms. The van der Waals surface area contributed by atoms with E-state index in [2.05, 4.69) is 14.9 Å². The Bertz CT molecular complexity index is 784. The van der Waals surface area contributed by atoms with E-state index in [1.807, 2.05) is 4.90 Å². The minimum Gasteiger partial charge on any atom is -0.378 e. The van der Waals surface area contributed by atoms with Gasteiger partial charge in [-0.2, -0.15) is 0 Å². The highest BCUT2D eigenvalue weighted by Gasteiger charge is 2.34. The predicted molar refractivity (Wildman–Crippen MR) is 99.5 cm³/mol. The first-order valence-corrected chi connectivity index (χ1v) is 9.51. The molecule has 6 nitrogen and oxygen atoms in total. The van der Waals surface area contributed by atoms with Crippen molar-refractivity contribution in [1.82, 2.24) is 19.8 Å². The summed E-state index contributed by atoms with van der Waals surface area (Å²) in [6.07, 6.45) is 3.75. The van der Waals surface area contributed by atoms with Crippen molar-refractivity contribution < 1.29 is 13.9 Å². The SMILES string of the molecule is CC(=O)N1CCC(N2CCOC[C@H]2c2ncc(-c3ccc(F)cc3)[nH]2)CC1. The van der Waals surface area contributed by atoms with Crippen molar-refractivity contribution in [3.8, 4) is 11.3 Å². The van der Waals surface area contributed by atoms with Crippen LogP contribution in [0.4, 0.5) is 4.39 Å². The first-order chi connectivity index (χ1) is 13.1. The average molecular weight is 372 g/mol. The summed E-state index contributed by atoms with van der Waals surface area (Å²) in [5.41, 5.74) is 1.79. The van der Waals surface area contributed by atoms with Gasteiger partial charge in [0.15, 0.2) is 0 Å². The van der Waals surface area contributed by atoms with Crippen LogP contribution >= 0.6 is 0 Å². The van der Waals surface area contributed by atoms with E-state index in [0.29, 0.717) is 12.6 Å². The first kappa shape index (κ1) is 18.1. The number of imidazole rings is 1. The fraction of sp³-hybridized carbons (Fsp3) is 0.500. The van der Waals surface area contributed by atoms with Crippen LogP contribution in [-0.2, 0) is 9.53 Å². The van der Waals surface area contributed by atoms with Crippen molar-refractivity contribution in [1.29, 1.82) is 0 Å². The van der Waals surface area contributed by atoms with E-state index >= 15 is 0 Å². The lowest BCUT2D eigenvalue weighted by Gasteiger charge is -2.43. The van der Waals surface area contributed by atoms with Crippen molar-refractivity contribution in [2.24, 2.45) is 0 Å². The highest BCUT2D eigenvalue weighted by molar-refractivity contribution is 5.73. The van der Waals surface area contributed by atoms with Gasteiger partial charge in [0.25, 0.3) is 0 Å². The normalized spacial score (nSPS) is 22.1. The van der Waals surface area contributed by atoms with Gasteiger partial charge in [-0.25, -0.2) is 9.37 Å². The van der Waals surface area contributed by atoms with E-state index in [0.717, 1.165) is 56.2 Å². The Morgan fingerprint density at radius 1 is 1.22 bits per heavy atom. The molecule has 0 aliphatic carbocycles. The Kier molecular flexibility index (Phi) is 5.22. The quantitative estimate of drug-likeness (QED) is 0.900. The van der Waals surface area contributed by atoms with Crippen LogP contribution in [0.15, 0.2) is 30.5 Å². The number of hydrogen-bond acceptors (Lipinski definition) is 4. The summed E-state index contributed by atoms with van der Waals surface area (Å²) in [5.74, 6) is 0.784. The minimum absolute atomic E-state index is 0.0711. The largest absolute Gasteiger partial charge is 0.378 e. The molecule has 1 aromatic heterocycles. The van der Waals surface area contributed by atoms with Crippen molar-refractivity contribution in [2.75, 3.05) is 32.8 Å². The van der Waals surface area contributed by atoms with Crippen LogP contribution in [0.1, 0.15) is 31.6 Å². The number of H-pyrrole nitrogens is 1. The number of nitrogens with zero attached hydrogens (tertiary/aromatic N) is 3. The molecule has 1 aromatic carbocycles. The molecule has 1 N–H and O–H groups in total. The Labute approximate surface area is 158 Å². The van der Waals surface area contributed by atoms with Gasteiger partial charge in [0, 0.05) is 32.6 Å². The molecule has 2 fully saturated rings. The van der Waals surface area contributed by atoms with Crippen molar-refractivity contribution >= 4 is 5.91 Å². The number of aromatic amines is 1. The number of nitrogens with one attached hydrogen (secondary N) is 1. The number of carbonyl (C=O) groups is 1. The molecule has 2 aromatic rings.